The third kappa shape index (κ3) is 2.03. The van der Waals surface area contributed by atoms with Crippen molar-refractivity contribution in [3.8, 4) is 0 Å². The summed E-state index contributed by atoms with van der Waals surface area (Å²) in [6, 6.07) is 1.75. The smallest absolute Gasteiger partial charge is 0.289 e. The minimum atomic E-state index is -0.199. The van der Waals surface area contributed by atoms with Gasteiger partial charge in [-0.2, -0.15) is 5.10 Å². The minimum Gasteiger partial charge on any atom is -0.394 e. The number of aromatic nitrogens is 2. The lowest BCUT2D eigenvalue weighted by atomic mass is 9.87. The van der Waals surface area contributed by atoms with Gasteiger partial charge in [0.25, 0.3) is 5.56 Å². The number of nitrogens with zero attached hydrogens (tertiary/aromatic N) is 2. The van der Waals surface area contributed by atoms with Gasteiger partial charge in [-0.1, -0.05) is 19.3 Å². The Bertz CT molecular complexity index is 379. The molecule has 4 nitrogen and oxygen atoms in total. The van der Waals surface area contributed by atoms with Crippen LogP contribution < -0.4 is 11.3 Å². The Balaban J connectivity index is 2.31. The number of anilines is 1. The Morgan fingerprint density at radius 2 is 2.07 bits per heavy atom. The molecular weight excluding hydrogens is 190 g/mol. The van der Waals surface area contributed by atoms with E-state index in [2.05, 4.69) is 5.10 Å². The van der Waals surface area contributed by atoms with Crippen LogP contribution in [0.3, 0.4) is 0 Å². The molecule has 0 aliphatic heterocycles. The van der Waals surface area contributed by atoms with Crippen molar-refractivity contribution in [1.29, 1.82) is 0 Å². The predicted octanol–water partition coefficient (Wildman–Crippen LogP) is 1.41. The zero-order valence-corrected chi connectivity index (χ0v) is 9.07. The Kier molecular flexibility index (Phi) is 2.75. The van der Waals surface area contributed by atoms with E-state index >= 15 is 0 Å². The first kappa shape index (κ1) is 10.2. The SMILES string of the molecule is Cn1nc(C2CCCCC2)cc(N)c1=O. The fourth-order valence-corrected chi connectivity index (χ4v) is 2.25. The molecule has 1 aromatic heterocycles. The Morgan fingerprint density at radius 1 is 1.40 bits per heavy atom. The average Bonchev–Trinajstić information content (AvgIpc) is 2.26. The van der Waals surface area contributed by atoms with Crippen molar-refractivity contribution < 1.29 is 0 Å². The van der Waals surface area contributed by atoms with Crippen LogP contribution in [0.1, 0.15) is 43.7 Å². The van der Waals surface area contributed by atoms with Gasteiger partial charge >= 0.3 is 0 Å². The molecule has 1 heterocycles. The van der Waals surface area contributed by atoms with Crippen LogP contribution in [0.15, 0.2) is 10.9 Å². The fraction of sp³-hybridized carbons (Fsp3) is 0.636. The molecule has 1 aliphatic rings. The van der Waals surface area contributed by atoms with E-state index in [0.717, 1.165) is 5.69 Å². The Labute approximate surface area is 89.1 Å². The van der Waals surface area contributed by atoms with E-state index in [-0.39, 0.29) is 5.56 Å². The molecule has 0 bridgehead atoms. The molecular formula is C11H17N3O. The second kappa shape index (κ2) is 4.04. The normalized spacial score (nSPS) is 17.9. The van der Waals surface area contributed by atoms with E-state index in [4.69, 9.17) is 5.73 Å². The first-order valence-corrected chi connectivity index (χ1v) is 5.52. The van der Waals surface area contributed by atoms with Crippen LogP contribution >= 0.6 is 0 Å². The topological polar surface area (TPSA) is 60.9 Å². The van der Waals surface area contributed by atoms with Gasteiger partial charge in [-0.25, -0.2) is 4.68 Å². The van der Waals surface area contributed by atoms with Gasteiger partial charge in [-0.15, -0.1) is 0 Å². The summed E-state index contributed by atoms with van der Waals surface area (Å²) in [7, 11) is 1.66. The van der Waals surface area contributed by atoms with Gasteiger partial charge in [-0.3, -0.25) is 4.79 Å². The largest absolute Gasteiger partial charge is 0.394 e. The maximum atomic E-state index is 11.4. The first-order valence-electron chi connectivity index (χ1n) is 5.52. The molecule has 0 spiro atoms. The van der Waals surface area contributed by atoms with Crippen molar-refractivity contribution in [1.82, 2.24) is 9.78 Å². The lowest BCUT2D eigenvalue weighted by Crippen LogP contribution is -2.25. The summed E-state index contributed by atoms with van der Waals surface area (Å²) < 4.78 is 1.35. The Morgan fingerprint density at radius 3 is 2.67 bits per heavy atom. The van der Waals surface area contributed by atoms with Crippen LogP contribution in [0.2, 0.25) is 0 Å². The van der Waals surface area contributed by atoms with Crippen LogP contribution in [0.4, 0.5) is 5.69 Å². The third-order valence-electron chi connectivity index (χ3n) is 3.13. The molecule has 1 aromatic rings. The summed E-state index contributed by atoms with van der Waals surface area (Å²) in [5.41, 5.74) is 6.75. The number of aryl methyl sites for hydroxylation is 1. The molecule has 0 atom stereocenters. The van der Waals surface area contributed by atoms with Crippen LogP contribution in [0.25, 0.3) is 0 Å². The molecule has 1 fully saturated rings. The molecule has 0 aromatic carbocycles. The van der Waals surface area contributed by atoms with Crippen LogP contribution in [-0.4, -0.2) is 9.78 Å². The lowest BCUT2D eigenvalue weighted by Gasteiger charge is -2.21. The predicted molar refractivity (Wildman–Crippen MR) is 59.7 cm³/mol. The van der Waals surface area contributed by atoms with E-state index in [9.17, 15) is 4.79 Å². The van der Waals surface area contributed by atoms with E-state index in [0.29, 0.717) is 11.6 Å². The molecule has 4 heteroatoms. The maximum absolute atomic E-state index is 11.4. The fourth-order valence-electron chi connectivity index (χ4n) is 2.25. The summed E-state index contributed by atoms with van der Waals surface area (Å²) in [6.45, 7) is 0. The molecule has 2 N–H and O–H groups in total. The number of rotatable bonds is 1. The van der Waals surface area contributed by atoms with Gasteiger partial charge in [0.1, 0.15) is 5.69 Å². The van der Waals surface area contributed by atoms with Crippen LogP contribution in [-0.2, 0) is 7.05 Å². The van der Waals surface area contributed by atoms with Gasteiger partial charge in [0.05, 0.1) is 5.69 Å². The van der Waals surface area contributed by atoms with E-state index < -0.39 is 0 Å². The second-order valence-electron chi connectivity index (χ2n) is 4.29. The highest BCUT2D eigenvalue weighted by atomic mass is 16.1. The zero-order valence-electron chi connectivity index (χ0n) is 9.07. The highest BCUT2D eigenvalue weighted by Gasteiger charge is 2.18. The van der Waals surface area contributed by atoms with Crippen molar-refractivity contribution in [2.24, 2.45) is 7.05 Å². The van der Waals surface area contributed by atoms with Crippen LogP contribution in [0, 0.1) is 0 Å². The molecule has 0 amide bonds. The molecule has 1 saturated carbocycles. The summed E-state index contributed by atoms with van der Waals surface area (Å²) in [4.78, 5) is 11.4. The van der Waals surface area contributed by atoms with Gasteiger partial charge < -0.3 is 5.73 Å². The maximum Gasteiger partial charge on any atom is 0.289 e. The summed E-state index contributed by atoms with van der Waals surface area (Å²) in [5, 5.41) is 4.28. The number of hydrogen-bond donors (Lipinski definition) is 1. The molecule has 0 unspecified atom stereocenters. The highest BCUT2D eigenvalue weighted by molar-refractivity contribution is 5.36. The molecule has 0 radical (unpaired) electrons. The summed E-state index contributed by atoms with van der Waals surface area (Å²) >= 11 is 0. The zero-order chi connectivity index (χ0) is 10.8. The molecule has 82 valence electrons. The average molecular weight is 207 g/mol. The summed E-state index contributed by atoms with van der Waals surface area (Å²) in [5.74, 6) is 0.493. The monoisotopic (exact) mass is 207 g/mol. The second-order valence-corrected chi connectivity index (χ2v) is 4.29. The van der Waals surface area contributed by atoms with Crippen molar-refractivity contribution in [3.63, 3.8) is 0 Å². The van der Waals surface area contributed by atoms with Gasteiger partial charge in [-0.05, 0) is 18.9 Å². The van der Waals surface area contributed by atoms with Crippen LogP contribution in [0.5, 0.6) is 0 Å². The molecule has 2 rings (SSSR count). The standard InChI is InChI=1S/C11H17N3O/c1-14-11(15)9(12)7-10(13-14)8-5-3-2-4-6-8/h7-8H,2-6,12H2,1H3. The van der Waals surface area contributed by atoms with Gasteiger partial charge in [0.2, 0.25) is 0 Å². The first-order chi connectivity index (χ1) is 7.18. The molecule has 0 saturated heterocycles. The van der Waals surface area contributed by atoms with E-state index in [1.165, 1.54) is 36.8 Å². The molecule has 15 heavy (non-hydrogen) atoms. The van der Waals surface area contributed by atoms with E-state index in [1.54, 1.807) is 13.1 Å². The highest BCUT2D eigenvalue weighted by Crippen LogP contribution is 2.31. The van der Waals surface area contributed by atoms with Gasteiger partial charge in [0, 0.05) is 13.0 Å². The van der Waals surface area contributed by atoms with Crippen molar-refractivity contribution in [3.05, 3.63) is 22.1 Å². The van der Waals surface area contributed by atoms with Crippen molar-refractivity contribution in [2.45, 2.75) is 38.0 Å². The van der Waals surface area contributed by atoms with Crippen molar-refractivity contribution in [2.75, 3.05) is 5.73 Å². The molecule has 1 aliphatic carbocycles. The quantitative estimate of drug-likeness (QED) is 0.757. The summed E-state index contributed by atoms with van der Waals surface area (Å²) in [6.07, 6.45) is 6.18. The number of nitrogen functional groups attached to an aromatic ring is 1. The van der Waals surface area contributed by atoms with Gasteiger partial charge in [0.15, 0.2) is 0 Å². The minimum absolute atomic E-state index is 0.199. The Hall–Kier alpha value is -1.32. The number of nitrogens with two attached hydrogens (primary N) is 1. The van der Waals surface area contributed by atoms with Crippen molar-refractivity contribution >= 4 is 5.69 Å². The number of hydrogen-bond acceptors (Lipinski definition) is 3. The van der Waals surface area contributed by atoms with E-state index in [1.807, 2.05) is 0 Å². The third-order valence-corrected chi connectivity index (χ3v) is 3.13. The lowest BCUT2D eigenvalue weighted by molar-refractivity contribution is 0.428.